The second-order valence-corrected chi connectivity index (χ2v) is 6.92. The summed E-state index contributed by atoms with van der Waals surface area (Å²) in [6.07, 6.45) is 1.32. The molecule has 0 radical (unpaired) electrons. The van der Waals surface area contributed by atoms with E-state index >= 15 is 0 Å². The number of rotatable bonds is 9. The molecule has 0 saturated heterocycles. The molecule has 27 heavy (non-hydrogen) atoms. The molecule has 5 nitrogen and oxygen atoms in total. The maximum absolute atomic E-state index is 12.4. The smallest absolute Gasteiger partial charge is 0.226 e. The Morgan fingerprint density at radius 1 is 1.04 bits per heavy atom. The molecule has 5 heteroatoms. The summed E-state index contributed by atoms with van der Waals surface area (Å²) in [6, 6.07) is 14.1. The summed E-state index contributed by atoms with van der Waals surface area (Å²) in [7, 11) is 3.17. The van der Waals surface area contributed by atoms with Gasteiger partial charge in [0.15, 0.2) is 0 Å². The average Bonchev–Trinajstić information content (AvgIpc) is 2.63. The van der Waals surface area contributed by atoms with Gasteiger partial charge in [0, 0.05) is 24.6 Å². The van der Waals surface area contributed by atoms with Crippen LogP contribution in [0.25, 0.3) is 0 Å². The lowest BCUT2D eigenvalue weighted by Gasteiger charge is -2.21. The van der Waals surface area contributed by atoms with Gasteiger partial charge in [0.05, 0.1) is 19.9 Å². The van der Waals surface area contributed by atoms with Crippen LogP contribution in [0.2, 0.25) is 0 Å². The Morgan fingerprint density at radius 2 is 1.78 bits per heavy atom. The standard InChI is InChI=1S/C22H30N2O3/c1-15-8-6-7-9-18(15)12-16(2)23-17(3)13-22(25)24-20-11-10-19(26-4)14-21(20)27-5/h6-11,14,16-17,23H,12-13H2,1-5H3,(H,24,25). The Kier molecular flexibility index (Phi) is 7.67. The van der Waals surface area contributed by atoms with Crippen molar-refractivity contribution in [3.05, 3.63) is 53.6 Å². The zero-order chi connectivity index (χ0) is 19.8. The summed E-state index contributed by atoms with van der Waals surface area (Å²) < 4.78 is 10.5. The highest BCUT2D eigenvalue weighted by molar-refractivity contribution is 5.92. The van der Waals surface area contributed by atoms with Crippen molar-refractivity contribution < 1.29 is 14.3 Å². The summed E-state index contributed by atoms with van der Waals surface area (Å²) in [6.45, 7) is 6.30. The van der Waals surface area contributed by atoms with Crippen molar-refractivity contribution >= 4 is 11.6 Å². The third-order valence-electron chi connectivity index (χ3n) is 4.53. The van der Waals surface area contributed by atoms with Gasteiger partial charge in [-0.3, -0.25) is 4.79 Å². The van der Waals surface area contributed by atoms with E-state index in [0.717, 1.165) is 6.42 Å². The Bertz CT molecular complexity index is 761. The van der Waals surface area contributed by atoms with Gasteiger partial charge in [-0.05, 0) is 50.5 Å². The molecule has 2 N–H and O–H groups in total. The van der Waals surface area contributed by atoms with Crippen molar-refractivity contribution in [3.63, 3.8) is 0 Å². The summed E-state index contributed by atoms with van der Waals surface area (Å²) in [5, 5.41) is 6.42. The van der Waals surface area contributed by atoms with Crippen LogP contribution in [0.4, 0.5) is 5.69 Å². The second kappa shape index (κ2) is 9.97. The van der Waals surface area contributed by atoms with Gasteiger partial charge in [-0.15, -0.1) is 0 Å². The van der Waals surface area contributed by atoms with Gasteiger partial charge in [-0.1, -0.05) is 24.3 Å². The van der Waals surface area contributed by atoms with Crippen molar-refractivity contribution in [2.75, 3.05) is 19.5 Å². The predicted octanol–water partition coefficient (Wildman–Crippen LogP) is 3.95. The van der Waals surface area contributed by atoms with Crippen molar-refractivity contribution in [2.24, 2.45) is 0 Å². The first-order chi connectivity index (χ1) is 12.9. The van der Waals surface area contributed by atoms with E-state index in [1.54, 1.807) is 32.4 Å². The molecule has 0 saturated carbocycles. The van der Waals surface area contributed by atoms with E-state index in [1.165, 1.54) is 11.1 Å². The van der Waals surface area contributed by atoms with E-state index in [4.69, 9.17) is 9.47 Å². The molecule has 2 rings (SSSR count). The second-order valence-electron chi connectivity index (χ2n) is 6.92. The molecule has 0 bridgehead atoms. The number of hydrogen-bond donors (Lipinski definition) is 2. The first-order valence-electron chi connectivity index (χ1n) is 9.25. The van der Waals surface area contributed by atoms with Crippen LogP contribution >= 0.6 is 0 Å². The highest BCUT2D eigenvalue weighted by atomic mass is 16.5. The van der Waals surface area contributed by atoms with E-state index < -0.39 is 0 Å². The van der Waals surface area contributed by atoms with Gasteiger partial charge < -0.3 is 20.1 Å². The van der Waals surface area contributed by atoms with E-state index in [-0.39, 0.29) is 18.0 Å². The largest absolute Gasteiger partial charge is 0.497 e. The first-order valence-corrected chi connectivity index (χ1v) is 9.25. The fraction of sp³-hybridized carbons (Fsp3) is 0.409. The Labute approximate surface area is 162 Å². The van der Waals surface area contributed by atoms with Gasteiger partial charge in [0.2, 0.25) is 5.91 Å². The zero-order valence-corrected chi connectivity index (χ0v) is 16.8. The molecule has 2 aromatic rings. The number of anilines is 1. The van der Waals surface area contributed by atoms with Gasteiger partial charge in [0.1, 0.15) is 11.5 Å². The van der Waals surface area contributed by atoms with Gasteiger partial charge >= 0.3 is 0 Å². The normalized spacial score (nSPS) is 12.9. The van der Waals surface area contributed by atoms with Crippen LogP contribution in [0, 0.1) is 6.92 Å². The molecule has 0 aliphatic heterocycles. The van der Waals surface area contributed by atoms with E-state index in [1.807, 2.05) is 6.92 Å². The van der Waals surface area contributed by atoms with Crippen LogP contribution in [0.5, 0.6) is 11.5 Å². The van der Waals surface area contributed by atoms with Crippen molar-refractivity contribution in [2.45, 2.75) is 45.7 Å². The molecule has 0 aromatic heterocycles. The quantitative estimate of drug-likeness (QED) is 0.702. The number of methoxy groups -OCH3 is 2. The van der Waals surface area contributed by atoms with Crippen LogP contribution in [-0.4, -0.2) is 32.2 Å². The van der Waals surface area contributed by atoms with Crippen LogP contribution < -0.4 is 20.1 Å². The molecule has 2 atom stereocenters. The number of ether oxygens (including phenoxy) is 2. The Balaban J connectivity index is 1.87. The summed E-state index contributed by atoms with van der Waals surface area (Å²) >= 11 is 0. The number of aryl methyl sites for hydroxylation is 1. The monoisotopic (exact) mass is 370 g/mol. The molecule has 0 spiro atoms. The average molecular weight is 370 g/mol. The number of benzene rings is 2. The van der Waals surface area contributed by atoms with Crippen molar-refractivity contribution in [3.8, 4) is 11.5 Å². The van der Waals surface area contributed by atoms with Crippen LogP contribution in [0.1, 0.15) is 31.4 Å². The summed E-state index contributed by atoms with van der Waals surface area (Å²) in [5.74, 6) is 1.21. The van der Waals surface area contributed by atoms with Gasteiger partial charge in [-0.2, -0.15) is 0 Å². The fourth-order valence-corrected chi connectivity index (χ4v) is 3.15. The summed E-state index contributed by atoms with van der Waals surface area (Å²) in [5.41, 5.74) is 3.27. The van der Waals surface area contributed by atoms with E-state index in [0.29, 0.717) is 23.6 Å². The minimum atomic E-state index is -0.0541. The molecule has 146 valence electrons. The lowest BCUT2D eigenvalue weighted by Crippen LogP contribution is -2.38. The van der Waals surface area contributed by atoms with Crippen LogP contribution in [0.3, 0.4) is 0 Å². The molecule has 0 heterocycles. The molecule has 2 aromatic carbocycles. The Morgan fingerprint density at radius 3 is 2.44 bits per heavy atom. The highest BCUT2D eigenvalue weighted by Gasteiger charge is 2.15. The maximum Gasteiger partial charge on any atom is 0.226 e. The number of hydrogen-bond acceptors (Lipinski definition) is 4. The molecule has 0 aliphatic rings. The van der Waals surface area contributed by atoms with Crippen LogP contribution in [-0.2, 0) is 11.2 Å². The molecular formula is C22H30N2O3. The molecular weight excluding hydrogens is 340 g/mol. The van der Waals surface area contributed by atoms with Crippen LogP contribution in [0.15, 0.2) is 42.5 Å². The highest BCUT2D eigenvalue weighted by Crippen LogP contribution is 2.29. The molecule has 0 aliphatic carbocycles. The van der Waals surface area contributed by atoms with E-state index in [2.05, 4.69) is 48.7 Å². The SMILES string of the molecule is COc1ccc(NC(=O)CC(C)NC(C)Cc2ccccc2C)c(OC)c1. The molecule has 0 fully saturated rings. The predicted molar refractivity (Wildman–Crippen MR) is 110 cm³/mol. The fourth-order valence-electron chi connectivity index (χ4n) is 3.15. The van der Waals surface area contributed by atoms with Gasteiger partial charge in [-0.25, -0.2) is 0 Å². The van der Waals surface area contributed by atoms with Crippen molar-refractivity contribution in [1.82, 2.24) is 5.32 Å². The number of carbonyl (C=O) groups excluding carboxylic acids is 1. The lowest BCUT2D eigenvalue weighted by molar-refractivity contribution is -0.116. The summed E-state index contributed by atoms with van der Waals surface area (Å²) in [4.78, 5) is 12.4. The molecule has 1 amide bonds. The number of carbonyl (C=O) groups is 1. The third-order valence-corrected chi connectivity index (χ3v) is 4.53. The maximum atomic E-state index is 12.4. The van der Waals surface area contributed by atoms with E-state index in [9.17, 15) is 4.79 Å². The lowest BCUT2D eigenvalue weighted by atomic mass is 10.0. The minimum absolute atomic E-state index is 0.0541. The Hall–Kier alpha value is -2.53. The minimum Gasteiger partial charge on any atom is -0.497 e. The number of amides is 1. The molecule has 2 unspecified atom stereocenters. The number of nitrogens with one attached hydrogen (secondary N) is 2. The van der Waals surface area contributed by atoms with Gasteiger partial charge in [0.25, 0.3) is 0 Å². The topological polar surface area (TPSA) is 59.6 Å². The zero-order valence-electron chi connectivity index (χ0n) is 16.8. The van der Waals surface area contributed by atoms with Crippen molar-refractivity contribution in [1.29, 1.82) is 0 Å². The third kappa shape index (κ3) is 6.29. The first kappa shape index (κ1) is 20.8.